The van der Waals surface area contributed by atoms with Gasteiger partial charge in [-0.05, 0) is 37.1 Å². The molecule has 98 valence electrons. The molecule has 0 bridgehead atoms. The highest BCUT2D eigenvalue weighted by Gasteiger charge is 2.29. The lowest BCUT2D eigenvalue weighted by Crippen LogP contribution is -2.19. The van der Waals surface area contributed by atoms with Gasteiger partial charge in [0.25, 0.3) is 0 Å². The van der Waals surface area contributed by atoms with Crippen LogP contribution in [0.1, 0.15) is 23.5 Å². The van der Waals surface area contributed by atoms with Gasteiger partial charge in [-0.1, -0.05) is 60.7 Å². The van der Waals surface area contributed by atoms with E-state index in [-0.39, 0.29) is 0 Å². The minimum Gasteiger partial charge on any atom is -0.306 e. The van der Waals surface area contributed by atoms with E-state index >= 15 is 0 Å². The van der Waals surface area contributed by atoms with Crippen LogP contribution >= 0.6 is 0 Å². The van der Waals surface area contributed by atoms with E-state index in [0.717, 1.165) is 5.92 Å². The summed E-state index contributed by atoms with van der Waals surface area (Å²) in [6, 6.07) is 21.9. The fraction of sp³-hybridized carbons (Fsp3) is 0.333. The third-order valence-corrected chi connectivity index (χ3v) is 4.22. The first-order valence-corrected chi connectivity index (χ1v) is 7.13. The van der Waals surface area contributed by atoms with E-state index in [1.165, 1.54) is 30.6 Å². The predicted octanol–water partition coefficient (Wildman–Crippen LogP) is 3.77. The molecular weight excluding hydrogens is 230 g/mol. The molecule has 0 spiro atoms. The van der Waals surface area contributed by atoms with Crippen LogP contribution in [0, 0.1) is 5.92 Å². The Labute approximate surface area is 115 Å². The number of nitrogens with zero attached hydrogens (tertiary/aromatic N) is 1. The van der Waals surface area contributed by atoms with Gasteiger partial charge in [0.15, 0.2) is 0 Å². The molecule has 1 heterocycles. The molecule has 3 rings (SSSR count). The van der Waals surface area contributed by atoms with Gasteiger partial charge in [-0.2, -0.15) is 0 Å². The summed E-state index contributed by atoms with van der Waals surface area (Å²) in [5, 5.41) is 0. The highest BCUT2D eigenvalue weighted by atomic mass is 15.1. The lowest BCUT2D eigenvalue weighted by molar-refractivity contribution is 0.383. The van der Waals surface area contributed by atoms with Crippen LogP contribution in [0.15, 0.2) is 60.7 Å². The lowest BCUT2D eigenvalue weighted by atomic mass is 9.80. The normalized spacial score (nSPS) is 20.0. The molecule has 0 saturated carbocycles. The Morgan fingerprint density at radius 3 is 1.84 bits per heavy atom. The summed E-state index contributed by atoms with van der Waals surface area (Å²) in [4.78, 5) is 2.45. The minimum absolute atomic E-state index is 0.535. The van der Waals surface area contributed by atoms with Crippen LogP contribution in [-0.2, 0) is 0 Å². The Morgan fingerprint density at radius 1 is 0.895 bits per heavy atom. The number of hydrogen-bond acceptors (Lipinski definition) is 1. The second-order valence-electron chi connectivity index (χ2n) is 5.61. The zero-order valence-corrected chi connectivity index (χ0v) is 11.5. The summed E-state index contributed by atoms with van der Waals surface area (Å²) in [6.45, 7) is 2.43. The molecule has 1 aliphatic heterocycles. The van der Waals surface area contributed by atoms with Crippen LogP contribution in [0.2, 0.25) is 0 Å². The van der Waals surface area contributed by atoms with Gasteiger partial charge in [0.05, 0.1) is 0 Å². The van der Waals surface area contributed by atoms with Gasteiger partial charge in [-0.15, -0.1) is 0 Å². The summed E-state index contributed by atoms with van der Waals surface area (Å²) in [6.07, 6.45) is 1.30. The van der Waals surface area contributed by atoms with Crippen molar-refractivity contribution >= 4 is 0 Å². The second kappa shape index (κ2) is 5.58. The van der Waals surface area contributed by atoms with Crippen LogP contribution in [0.25, 0.3) is 0 Å². The van der Waals surface area contributed by atoms with E-state index in [2.05, 4.69) is 72.6 Å². The van der Waals surface area contributed by atoms with Crippen LogP contribution in [0.4, 0.5) is 0 Å². The van der Waals surface area contributed by atoms with Crippen molar-refractivity contribution in [2.75, 3.05) is 20.1 Å². The molecule has 0 radical (unpaired) electrons. The molecule has 0 amide bonds. The van der Waals surface area contributed by atoms with Gasteiger partial charge < -0.3 is 4.90 Å². The first-order chi connectivity index (χ1) is 9.34. The average molecular weight is 251 g/mol. The molecule has 2 aromatic carbocycles. The van der Waals surface area contributed by atoms with Gasteiger partial charge in [0, 0.05) is 12.5 Å². The number of hydrogen-bond donors (Lipinski definition) is 0. The quantitative estimate of drug-likeness (QED) is 0.802. The molecule has 2 aromatic rings. The van der Waals surface area contributed by atoms with Crippen molar-refractivity contribution in [3.63, 3.8) is 0 Å². The van der Waals surface area contributed by atoms with Crippen LogP contribution < -0.4 is 0 Å². The van der Waals surface area contributed by atoms with Crippen molar-refractivity contribution < 1.29 is 0 Å². The Bertz CT molecular complexity index is 466. The van der Waals surface area contributed by atoms with E-state index in [0.29, 0.717) is 5.92 Å². The monoisotopic (exact) mass is 251 g/mol. The largest absolute Gasteiger partial charge is 0.306 e. The van der Waals surface area contributed by atoms with Crippen molar-refractivity contribution in [1.82, 2.24) is 4.90 Å². The number of likely N-dealkylation sites (tertiary alicyclic amines) is 1. The van der Waals surface area contributed by atoms with E-state index < -0.39 is 0 Å². The van der Waals surface area contributed by atoms with Crippen LogP contribution in [0.3, 0.4) is 0 Å². The maximum atomic E-state index is 2.45. The van der Waals surface area contributed by atoms with Crippen molar-refractivity contribution in [3.05, 3.63) is 71.8 Å². The number of benzene rings is 2. The SMILES string of the molecule is CN1CC[C@H](C(c2ccccc2)c2ccccc2)C1. The molecule has 1 aliphatic rings. The first-order valence-electron chi connectivity index (χ1n) is 7.13. The highest BCUT2D eigenvalue weighted by Crippen LogP contribution is 2.36. The van der Waals surface area contributed by atoms with Gasteiger partial charge in [0.1, 0.15) is 0 Å². The van der Waals surface area contributed by atoms with Crippen LogP contribution in [-0.4, -0.2) is 25.0 Å². The third kappa shape index (κ3) is 2.71. The second-order valence-corrected chi connectivity index (χ2v) is 5.61. The molecule has 1 nitrogen and oxygen atoms in total. The fourth-order valence-electron chi connectivity index (χ4n) is 3.30. The van der Waals surface area contributed by atoms with Crippen LogP contribution in [0.5, 0.6) is 0 Å². The molecule has 1 fully saturated rings. The zero-order valence-electron chi connectivity index (χ0n) is 11.5. The minimum atomic E-state index is 0.535. The molecule has 0 aliphatic carbocycles. The summed E-state index contributed by atoms with van der Waals surface area (Å²) in [7, 11) is 2.23. The zero-order chi connectivity index (χ0) is 13.1. The number of rotatable bonds is 3. The topological polar surface area (TPSA) is 3.24 Å². The molecule has 1 saturated heterocycles. The maximum Gasteiger partial charge on any atom is 0.0130 e. The lowest BCUT2D eigenvalue weighted by Gasteiger charge is -2.24. The third-order valence-electron chi connectivity index (χ3n) is 4.22. The molecule has 0 N–H and O–H groups in total. The summed E-state index contributed by atoms with van der Waals surface area (Å²) in [5.41, 5.74) is 2.91. The van der Waals surface area contributed by atoms with Gasteiger partial charge in [-0.25, -0.2) is 0 Å². The van der Waals surface area contributed by atoms with E-state index in [1.807, 2.05) is 0 Å². The Kier molecular flexibility index (Phi) is 3.65. The molecule has 1 heteroatoms. The van der Waals surface area contributed by atoms with Crippen molar-refractivity contribution in [1.29, 1.82) is 0 Å². The molecule has 0 aromatic heterocycles. The van der Waals surface area contributed by atoms with Gasteiger partial charge >= 0.3 is 0 Å². The predicted molar refractivity (Wildman–Crippen MR) is 80.3 cm³/mol. The smallest absolute Gasteiger partial charge is 0.0130 e. The fourth-order valence-corrected chi connectivity index (χ4v) is 3.30. The van der Waals surface area contributed by atoms with Crippen molar-refractivity contribution in [2.45, 2.75) is 12.3 Å². The van der Waals surface area contributed by atoms with E-state index in [4.69, 9.17) is 0 Å². The van der Waals surface area contributed by atoms with Crippen molar-refractivity contribution in [2.24, 2.45) is 5.92 Å². The van der Waals surface area contributed by atoms with Gasteiger partial charge in [-0.3, -0.25) is 0 Å². The van der Waals surface area contributed by atoms with E-state index in [9.17, 15) is 0 Å². The highest BCUT2D eigenvalue weighted by molar-refractivity contribution is 5.33. The maximum absolute atomic E-state index is 2.45. The standard InChI is InChI=1S/C18H21N/c1-19-13-12-17(14-19)18(15-8-4-2-5-9-15)16-10-6-3-7-11-16/h2-11,17-18H,12-14H2,1H3/t17-/m0/s1. The molecular formula is C18H21N. The first kappa shape index (κ1) is 12.4. The molecule has 1 atom stereocenters. The summed E-state index contributed by atoms with van der Waals surface area (Å²) < 4.78 is 0. The molecule has 19 heavy (non-hydrogen) atoms. The van der Waals surface area contributed by atoms with Gasteiger partial charge in [0.2, 0.25) is 0 Å². The van der Waals surface area contributed by atoms with E-state index in [1.54, 1.807) is 0 Å². The van der Waals surface area contributed by atoms with Crippen molar-refractivity contribution in [3.8, 4) is 0 Å². The Morgan fingerprint density at radius 2 is 1.42 bits per heavy atom. The molecule has 0 unspecified atom stereocenters. The summed E-state index contributed by atoms with van der Waals surface area (Å²) >= 11 is 0. The average Bonchev–Trinajstić information content (AvgIpc) is 2.88. The summed E-state index contributed by atoms with van der Waals surface area (Å²) in [5.74, 6) is 1.27. The Hall–Kier alpha value is -1.60. The Balaban J connectivity index is 1.97.